The molecular weight excluding hydrogens is 302 g/mol. The van der Waals surface area contributed by atoms with E-state index in [1.807, 2.05) is 0 Å². The van der Waals surface area contributed by atoms with Crippen molar-refractivity contribution in [1.29, 1.82) is 0 Å². The third-order valence-corrected chi connectivity index (χ3v) is 4.60. The minimum Gasteiger partial charge on any atom is -0.308 e. The lowest BCUT2D eigenvalue weighted by Gasteiger charge is -2.31. The second kappa shape index (κ2) is 5.72. The Hall–Kier alpha value is -0.0600. The number of nitrogens with one attached hydrogen (secondary N) is 1. The van der Waals surface area contributed by atoms with E-state index in [0.717, 1.165) is 42.5 Å². The minimum absolute atomic E-state index is 0.373. The average Bonchev–Trinajstić information content (AvgIpc) is 2.59. The number of hydrogen-bond acceptors (Lipinski definition) is 2. The Bertz CT molecular complexity index is 385. The van der Waals surface area contributed by atoms with E-state index in [4.69, 9.17) is 11.6 Å². The largest absolute Gasteiger partial charge is 0.308 e. The highest BCUT2D eigenvalue weighted by molar-refractivity contribution is 9.10. The van der Waals surface area contributed by atoms with E-state index in [9.17, 15) is 0 Å². The minimum atomic E-state index is 0.373. The van der Waals surface area contributed by atoms with Gasteiger partial charge in [0.1, 0.15) is 0 Å². The van der Waals surface area contributed by atoms with Crippen molar-refractivity contribution < 1.29 is 0 Å². The fraction of sp³-hybridized carbons (Fsp3) is 0.750. The second-order valence-electron chi connectivity index (χ2n) is 4.52. The summed E-state index contributed by atoms with van der Waals surface area (Å²) in [4.78, 5) is 0. The monoisotopic (exact) mass is 319 g/mol. The van der Waals surface area contributed by atoms with Gasteiger partial charge in [-0.3, -0.25) is 4.68 Å². The van der Waals surface area contributed by atoms with Crippen LogP contribution in [0.25, 0.3) is 0 Å². The smallest absolute Gasteiger partial charge is 0.0767 e. The van der Waals surface area contributed by atoms with Gasteiger partial charge in [-0.25, -0.2) is 0 Å². The van der Waals surface area contributed by atoms with Crippen LogP contribution >= 0.6 is 27.5 Å². The summed E-state index contributed by atoms with van der Waals surface area (Å²) < 4.78 is 3.24. The van der Waals surface area contributed by atoms with Crippen LogP contribution in [0.15, 0.2) is 4.47 Å². The Labute approximate surface area is 116 Å². The summed E-state index contributed by atoms with van der Waals surface area (Å²) in [5.41, 5.74) is 2.40. The fourth-order valence-corrected chi connectivity index (χ4v) is 3.28. The molecule has 1 N–H and O–H groups in total. The van der Waals surface area contributed by atoms with Gasteiger partial charge in [0.15, 0.2) is 0 Å². The molecule has 0 unspecified atom stereocenters. The summed E-state index contributed by atoms with van der Waals surface area (Å²) in [5.74, 6) is 0. The lowest BCUT2D eigenvalue weighted by Crippen LogP contribution is -2.41. The van der Waals surface area contributed by atoms with Gasteiger partial charge in [0.05, 0.1) is 15.9 Å². The van der Waals surface area contributed by atoms with Gasteiger partial charge >= 0.3 is 0 Å². The number of aromatic nitrogens is 2. The van der Waals surface area contributed by atoms with Crippen molar-refractivity contribution in [3.63, 3.8) is 0 Å². The summed E-state index contributed by atoms with van der Waals surface area (Å²) in [5, 5.41) is 8.50. The van der Waals surface area contributed by atoms with Crippen molar-refractivity contribution in [2.24, 2.45) is 0 Å². The van der Waals surface area contributed by atoms with Crippen molar-refractivity contribution in [2.45, 2.75) is 57.6 Å². The van der Waals surface area contributed by atoms with E-state index in [1.54, 1.807) is 0 Å². The molecule has 1 heterocycles. The van der Waals surface area contributed by atoms with Gasteiger partial charge in [0, 0.05) is 24.5 Å². The summed E-state index contributed by atoms with van der Waals surface area (Å²) in [7, 11) is 0. The molecule has 0 bridgehead atoms. The molecule has 1 aliphatic carbocycles. The van der Waals surface area contributed by atoms with Crippen molar-refractivity contribution in [3.05, 3.63) is 15.9 Å². The highest BCUT2D eigenvalue weighted by atomic mass is 79.9. The highest BCUT2D eigenvalue weighted by Crippen LogP contribution is 2.27. The molecule has 0 aromatic carbocycles. The van der Waals surface area contributed by atoms with Gasteiger partial charge in [-0.05, 0) is 42.1 Å². The topological polar surface area (TPSA) is 29.9 Å². The number of alkyl halides is 1. The molecule has 3 nitrogen and oxygen atoms in total. The first-order chi connectivity index (χ1) is 8.15. The summed E-state index contributed by atoms with van der Waals surface area (Å²) in [6.07, 6.45) is 3.13. The van der Waals surface area contributed by atoms with Crippen molar-refractivity contribution >= 4 is 27.5 Å². The number of aryl methyl sites for hydroxylation is 2. The zero-order valence-electron chi connectivity index (χ0n) is 10.3. The second-order valence-corrected chi connectivity index (χ2v) is 5.93. The Morgan fingerprint density at radius 2 is 2.18 bits per heavy atom. The molecule has 0 radical (unpaired) electrons. The van der Waals surface area contributed by atoms with Gasteiger partial charge in [-0.2, -0.15) is 5.10 Å². The zero-order chi connectivity index (χ0) is 12.4. The SMILES string of the molecule is CCc1nn(CC)c(CNC2CC(Cl)C2)c1Br. The Morgan fingerprint density at radius 1 is 1.47 bits per heavy atom. The third-order valence-electron chi connectivity index (χ3n) is 3.33. The van der Waals surface area contributed by atoms with Crippen LogP contribution in [-0.2, 0) is 19.5 Å². The lowest BCUT2D eigenvalue weighted by atomic mass is 9.92. The predicted octanol–water partition coefficient (Wildman–Crippen LogP) is 3.09. The van der Waals surface area contributed by atoms with E-state index in [-0.39, 0.29) is 0 Å². The number of hydrogen-bond donors (Lipinski definition) is 1. The summed E-state index contributed by atoms with van der Waals surface area (Å²) in [6, 6.07) is 0.578. The van der Waals surface area contributed by atoms with Gasteiger partial charge in [-0.1, -0.05) is 6.92 Å². The highest BCUT2D eigenvalue weighted by Gasteiger charge is 2.27. The molecule has 1 fully saturated rings. The molecule has 0 spiro atoms. The molecular formula is C12H19BrClN3. The van der Waals surface area contributed by atoms with E-state index in [0.29, 0.717) is 11.4 Å². The van der Waals surface area contributed by atoms with E-state index in [2.05, 4.69) is 44.9 Å². The van der Waals surface area contributed by atoms with Crippen molar-refractivity contribution in [1.82, 2.24) is 15.1 Å². The third kappa shape index (κ3) is 2.85. The standard InChI is InChI=1S/C12H19BrClN3/c1-3-10-12(13)11(17(4-2)16-10)7-15-9-5-8(14)6-9/h8-9,15H,3-7H2,1-2H3. The van der Waals surface area contributed by atoms with Gasteiger partial charge in [0.25, 0.3) is 0 Å². The normalized spacial score (nSPS) is 23.8. The van der Waals surface area contributed by atoms with Crippen LogP contribution in [0.1, 0.15) is 38.1 Å². The number of nitrogens with zero attached hydrogens (tertiary/aromatic N) is 2. The maximum Gasteiger partial charge on any atom is 0.0767 e. The average molecular weight is 321 g/mol. The zero-order valence-corrected chi connectivity index (χ0v) is 12.7. The number of rotatable bonds is 5. The van der Waals surface area contributed by atoms with Gasteiger partial charge in [0.2, 0.25) is 0 Å². The maximum atomic E-state index is 5.98. The predicted molar refractivity (Wildman–Crippen MR) is 74.5 cm³/mol. The van der Waals surface area contributed by atoms with Crippen molar-refractivity contribution in [3.8, 4) is 0 Å². The van der Waals surface area contributed by atoms with Crippen LogP contribution < -0.4 is 5.32 Å². The van der Waals surface area contributed by atoms with Crippen LogP contribution in [0.4, 0.5) is 0 Å². The molecule has 5 heteroatoms. The van der Waals surface area contributed by atoms with Gasteiger partial charge in [-0.15, -0.1) is 11.6 Å². The lowest BCUT2D eigenvalue weighted by molar-refractivity contribution is 0.340. The summed E-state index contributed by atoms with van der Waals surface area (Å²) in [6.45, 7) is 6.04. The quantitative estimate of drug-likeness (QED) is 0.845. The van der Waals surface area contributed by atoms with Crippen LogP contribution in [0.2, 0.25) is 0 Å². The maximum absolute atomic E-state index is 5.98. The first kappa shape index (κ1) is 13.4. The first-order valence-corrected chi connectivity index (χ1v) is 7.50. The van der Waals surface area contributed by atoms with Gasteiger partial charge < -0.3 is 5.32 Å². The van der Waals surface area contributed by atoms with Crippen LogP contribution in [0.3, 0.4) is 0 Å². The molecule has 1 saturated carbocycles. The fourth-order valence-electron chi connectivity index (χ4n) is 2.14. The molecule has 0 atom stereocenters. The van der Waals surface area contributed by atoms with E-state index in [1.165, 1.54) is 5.69 Å². The van der Waals surface area contributed by atoms with Crippen molar-refractivity contribution in [2.75, 3.05) is 0 Å². The van der Waals surface area contributed by atoms with E-state index < -0.39 is 0 Å². The first-order valence-electron chi connectivity index (χ1n) is 6.27. The number of halogens is 2. The molecule has 96 valence electrons. The Balaban J connectivity index is 2.01. The molecule has 1 aromatic rings. The Kier molecular flexibility index (Phi) is 4.50. The molecule has 0 aliphatic heterocycles. The van der Waals surface area contributed by atoms with Crippen LogP contribution in [-0.4, -0.2) is 21.2 Å². The summed E-state index contributed by atoms with van der Waals surface area (Å²) >= 11 is 9.63. The molecule has 0 saturated heterocycles. The molecule has 1 aromatic heterocycles. The Morgan fingerprint density at radius 3 is 2.71 bits per heavy atom. The molecule has 17 heavy (non-hydrogen) atoms. The molecule has 0 amide bonds. The van der Waals surface area contributed by atoms with Crippen LogP contribution in [0, 0.1) is 0 Å². The molecule has 1 aliphatic rings. The molecule has 2 rings (SSSR count). The van der Waals surface area contributed by atoms with E-state index >= 15 is 0 Å². The van der Waals surface area contributed by atoms with Crippen LogP contribution in [0.5, 0.6) is 0 Å².